The number of aliphatic carboxylic acids is 1. The van der Waals surface area contributed by atoms with Crippen LogP contribution in [0.3, 0.4) is 0 Å². The monoisotopic (exact) mass is 348 g/mol. The van der Waals surface area contributed by atoms with Crippen LogP contribution in [0.15, 0.2) is 35.7 Å². The van der Waals surface area contributed by atoms with E-state index in [2.05, 4.69) is 15.5 Å². The van der Waals surface area contributed by atoms with Crippen LogP contribution in [0, 0.1) is 6.92 Å². The number of carboxylic acid groups (broad SMARTS) is 1. The molecule has 1 atom stereocenters. The fourth-order valence-electron chi connectivity index (χ4n) is 2.06. The molecule has 0 bridgehead atoms. The van der Waals surface area contributed by atoms with Crippen LogP contribution in [0.4, 0.5) is 0 Å². The highest BCUT2D eigenvalue weighted by Gasteiger charge is 2.12. The number of carbonyl (C=O) groups excluding carboxylic acids is 1. The van der Waals surface area contributed by atoms with Gasteiger partial charge in [0.05, 0.1) is 5.75 Å². The number of benzene rings is 1. The Morgan fingerprint density at radius 1 is 1.33 bits per heavy atom. The summed E-state index contributed by atoms with van der Waals surface area (Å²) in [5.41, 5.74) is 2.10. The fourth-order valence-corrected chi connectivity index (χ4v) is 2.80. The second-order valence-electron chi connectivity index (χ2n) is 5.51. The molecule has 0 saturated carbocycles. The first kappa shape index (κ1) is 18.0. The average Bonchev–Trinajstić information content (AvgIpc) is 3.00. The van der Waals surface area contributed by atoms with Crippen LogP contribution in [0.1, 0.15) is 25.3 Å². The summed E-state index contributed by atoms with van der Waals surface area (Å²) < 4.78 is 1.82. The predicted octanol–water partition coefficient (Wildman–Crippen LogP) is 2.04. The lowest BCUT2D eigenvalue weighted by atomic mass is 10.2. The molecule has 0 fully saturated rings. The highest BCUT2D eigenvalue weighted by atomic mass is 32.2. The first-order valence-corrected chi connectivity index (χ1v) is 8.55. The number of carbonyl (C=O) groups is 2. The molecule has 1 amide bonds. The number of aromatic nitrogens is 3. The molecule has 2 N–H and O–H groups in total. The molecule has 1 unspecified atom stereocenters. The molecule has 1 heterocycles. The topological polar surface area (TPSA) is 97.1 Å². The normalized spacial score (nSPS) is 11.9. The summed E-state index contributed by atoms with van der Waals surface area (Å²) in [7, 11) is 0. The molecule has 0 spiro atoms. The van der Waals surface area contributed by atoms with E-state index in [0.29, 0.717) is 11.6 Å². The van der Waals surface area contributed by atoms with Crippen molar-refractivity contribution in [2.45, 2.75) is 37.9 Å². The van der Waals surface area contributed by atoms with Gasteiger partial charge >= 0.3 is 5.97 Å². The molecule has 0 saturated heterocycles. The van der Waals surface area contributed by atoms with Crippen molar-refractivity contribution in [1.82, 2.24) is 20.1 Å². The van der Waals surface area contributed by atoms with Gasteiger partial charge in [-0.3, -0.25) is 14.2 Å². The van der Waals surface area contributed by atoms with Crippen molar-refractivity contribution in [2.75, 3.05) is 5.75 Å². The summed E-state index contributed by atoms with van der Waals surface area (Å²) in [6.07, 6.45) is 2.06. The minimum Gasteiger partial charge on any atom is -0.481 e. The standard InChI is InChI=1S/C16H20N4O3S/c1-11-3-6-13(7-4-11)20-10-17-19-16(20)24-9-14(21)18-12(2)5-8-15(22)23/h3-4,6-7,10,12H,5,8-9H2,1-2H3,(H,18,21)(H,22,23). The Labute approximate surface area is 144 Å². The quantitative estimate of drug-likeness (QED) is 0.709. The Balaban J connectivity index is 1.89. The lowest BCUT2D eigenvalue weighted by Crippen LogP contribution is -2.34. The molecule has 128 valence electrons. The van der Waals surface area contributed by atoms with Gasteiger partial charge in [0.2, 0.25) is 5.91 Å². The van der Waals surface area contributed by atoms with Crippen LogP contribution in [-0.2, 0) is 9.59 Å². The smallest absolute Gasteiger partial charge is 0.303 e. The van der Waals surface area contributed by atoms with E-state index in [1.165, 1.54) is 11.8 Å². The van der Waals surface area contributed by atoms with Crippen LogP contribution in [0.2, 0.25) is 0 Å². The molecule has 2 rings (SSSR count). The molecule has 0 radical (unpaired) electrons. The van der Waals surface area contributed by atoms with Crippen molar-refractivity contribution < 1.29 is 14.7 Å². The summed E-state index contributed by atoms with van der Waals surface area (Å²) in [6, 6.07) is 7.76. The van der Waals surface area contributed by atoms with Crippen molar-refractivity contribution >= 4 is 23.6 Å². The predicted molar refractivity (Wildman–Crippen MR) is 91.3 cm³/mol. The van der Waals surface area contributed by atoms with Gasteiger partial charge < -0.3 is 10.4 Å². The Morgan fingerprint density at radius 3 is 2.71 bits per heavy atom. The first-order chi connectivity index (χ1) is 11.5. The third kappa shape index (κ3) is 5.38. The summed E-state index contributed by atoms with van der Waals surface area (Å²) in [5.74, 6) is -0.824. The average molecular weight is 348 g/mol. The largest absolute Gasteiger partial charge is 0.481 e. The summed E-state index contributed by atoms with van der Waals surface area (Å²) in [6.45, 7) is 3.81. The van der Waals surface area contributed by atoms with E-state index in [9.17, 15) is 9.59 Å². The third-order valence-corrected chi connectivity index (χ3v) is 4.30. The van der Waals surface area contributed by atoms with Crippen LogP contribution < -0.4 is 5.32 Å². The zero-order valence-corrected chi connectivity index (χ0v) is 14.4. The highest BCUT2D eigenvalue weighted by molar-refractivity contribution is 7.99. The highest BCUT2D eigenvalue weighted by Crippen LogP contribution is 2.19. The maximum atomic E-state index is 11.9. The van der Waals surface area contributed by atoms with Crippen molar-refractivity contribution in [1.29, 1.82) is 0 Å². The maximum absolute atomic E-state index is 11.9. The lowest BCUT2D eigenvalue weighted by Gasteiger charge is -2.12. The van der Waals surface area contributed by atoms with Gasteiger partial charge in [0.25, 0.3) is 0 Å². The summed E-state index contributed by atoms with van der Waals surface area (Å²) >= 11 is 1.29. The lowest BCUT2D eigenvalue weighted by molar-refractivity contribution is -0.137. The SMILES string of the molecule is Cc1ccc(-n2cnnc2SCC(=O)NC(C)CCC(=O)O)cc1. The molecule has 24 heavy (non-hydrogen) atoms. The number of amides is 1. The second kappa shape index (κ2) is 8.49. The summed E-state index contributed by atoms with van der Waals surface area (Å²) in [4.78, 5) is 22.5. The Morgan fingerprint density at radius 2 is 2.04 bits per heavy atom. The molecule has 2 aromatic rings. The first-order valence-electron chi connectivity index (χ1n) is 7.56. The summed E-state index contributed by atoms with van der Waals surface area (Å²) in [5, 5.41) is 20.0. The minimum absolute atomic E-state index is 0.0380. The zero-order chi connectivity index (χ0) is 17.5. The van der Waals surface area contributed by atoms with Crippen molar-refractivity contribution in [3.63, 3.8) is 0 Å². The van der Waals surface area contributed by atoms with Crippen molar-refractivity contribution in [2.24, 2.45) is 0 Å². The van der Waals surface area contributed by atoms with E-state index in [1.807, 2.05) is 35.8 Å². The number of hydrogen-bond acceptors (Lipinski definition) is 5. The molecule has 0 aliphatic carbocycles. The number of rotatable bonds is 8. The van der Waals surface area contributed by atoms with Gasteiger partial charge in [-0.05, 0) is 32.4 Å². The van der Waals surface area contributed by atoms with Crippen LogP contribution in [0.5, 0.6) is 0 Å². The number of nitrogens with zero attached hydrogens (tertiary/aromatic N) is 3. The van der Waals surface area contributed by atoms with Gasteiger partial charge in [0, 0.05) is 18.2 Å². The fraction of sp³-hybridized carbons (Fsp3) is 0.375. The van der Waals surface area contributed by atoms with Gasteiger partial charge in [0.15, 0.2) is 5.16 Å². The van der Waals surface area contributed by atoms with E-state index in [1.54, 1.807) is 13.3 Å². The maximum Gasteiger partial charge on any atom is 0.303 e. The molecule has 7 nitrogen and oxygen atoms in total. The molecule has 8 heteroatoms. The number of aryl methyl sites for hydroxylation is 1. The minimum atomic E-state index is -0.864. The van der Waals surface area contributed by atoms with Crippen LogP contribution >= 0.6 is 11.8 Å². The molecular formula is C16H20N4O3S. The molecule has 1 aromatic carbocycles. The van der Waals surface area contributed by atoms with E-state index in [-0.39, 0.29) is 24.1 Å². The third-order valence-electron chi connectivity index (χ3n) is 3.36. The number of hydrogen-bond donors (Lipinski definition) is 2. The van der Waals surface area contributed by atoms with Crippen molar-refractivity contribution in [3.8, 4) is 5.69 Å². The van der Waals surface area contributed by atoms with Gasteiger partial charge in [-0.25, -0.2) is 0 Å². The Kier molecular flexibility index (Phi) is 6.36. The second-order valence-corrected chi connectivity index (χ2v) is 6.45. The Hall–Kier alpha value is -2.35. The van der Waals surface area contributed by atoms with Gasteiger partial charge in [-0.15, -0.1) is 10.2 Å². The Bertz CT molecular complexity index is 700. The van der Waals surface area contributed by atoms with Crippen LogP contribution in [-0.4, -0.2) is 43.5 Å². The number of nitrogens with one attached hydrogen (secondary N) is 1. The van der Waals surface area contributed by atoms with Gasteiger partial charge in [-0.2, -0.15) is 0 Å². The van der Waals surface area contributed by atoms with Gasteiger partial charge in [0.1, 0.15) is 6.33 Å². The molecular weight excluding hydrogens is 328 g/mol. The van der Waals surface area contributed by atoms with Crippen molar-refractivity contribution in [3.05, 3.63) is 36.2 Å². The van der Waals surface area contributed by atoms with Crippen LogP contribution in [0.25, 0.3) is 5.69 Å². The molecule has 0 aliphatic rings. The van der Waals surface area contributed by atoms with Gasteiger partial charge in [-0.1, -0.05) is 29.5 Å². The molecule has 1 aromatic heterocycles. The zero-order valence-electron chi connectivity index (χ0n) is 13.6. The molecule has 0 aliphatic heterocycles. The van der Waals surface area contributed by atoms with E-state index < -0.39 is 5.97 Å². The van der Waals surface area contributed by atoms with E-state index >= 15 is 0 Å². The number of carboxylic acids is 1. The van der Waals surface area contributed by atoms with E-state index in [4.69, 9.17) is 5.11 Å². The van der Waals surface area contributed by atoms with E-state index in [0.717, 1.165) is 11.3 Å². The number of thioether (sulfide) groups is 1.